The Morgan fingerprint density at radius 3 is 2.89 bits per heavy atom. The minimum atomic E-state index is -1.08. The summed E-state index contributed by atoms with van der Waals surface area (Å²) in [5.41, 5.74) is 0.282. The number of carbonyl (C=O) groups is 1. The molecule has 0 amide bonds. The van der Waals surface area contributed by atoms with Crippen molar-refractivity contribution >= 4 is 17.4 Å². The molecule has 6 heteroatoms. The first-order valence-corrected chi connectivity index (χ1v) is 6.09. The number of nitriles is 1. The molecule has 1 saturated heterocycles. The van der Waals surface area contributed by atoms with E-state index in [9.17, 15) is 9.18 Å². The van der Waals surface area contributed by atoms with Gasteiger partial charge in [0.05, 0.1) is 25.9 Å². The molecule has 0 aromatic heterocycles. The Labute approximate surface area is 114 Å². The smallest absolute Gasteiger partial charge is 0.185 e. The lowest BCUT2D eigenvalue weighted by molar-refractivity contribution is -0.145. The van der Waals surface area contributed by atoms with E-state index in [-0.39, 0.29) is 17.2 Å². The molecule has 0 bridgehead atoms. The molecule has 0 aliphatic carbocycles. The second-order valence-electron chi connectivity index (χ2n) is 4.06. The molecule has 1 aromatic carbocycles. The number of rotatable bonds is 3. The average molecular weight is 284 g/mol. The zero-order valence-corrected chi connectivity index (χ0v) is 10.7. The van der Waals surface area contributed by atoms with Crippen LogP contribution in [0.15, 0.2) is 18.2 Å². The Morgan fingerprint density at radius 1 is 1.53 bits per heavy atom. The van der Waals surface area contributed by atoms with Crippen LogP contribution in [-0.2, 0) is 14.3 Å². The molecule has 1 heterocycles. The first-order valence-electron chi connectivity index (χ1n) is 5.71. The van der Waals surface area contributed by atoms with E-state index < -0.39 is 23.6 Å². The van der Waals surface area contributed by atoms with E-state index in [1.165, 1.54) is 6.07 Å². The second kappa shape index (κ2) is 6.11. The van der Waals surface area contributed by atoms with Gasteiger partial charge in [-0.15, -0.1) is 0 Å². The molecule has 0 radical (unpaired) electrons. The fourth-order valence-electron chi connectivity index (χ4n) is 1.86. The summed E-state index contributed by atoms with van der Waals surface area (Å²) in [5, 5.41) is 9.21. The van der Waals surface area contributed by atoms with Crippen molar-refractivity contribution in [2.24, 2.45) is 0 Å². The van der Waals surface area contributed by atoms with Crippen molar-refractivity contribution in [3.8, 4) is 6.07 Å². The van der Waals surface area contributed by atoms with Gasteiger partial charge in [0.25, 0.3) is 0 Å². The van der Waals surface area contributed by atoms with E-state index in [2.05, 4.69) is 0 Å². The van der Waals surface area contributed by atoms with E-state index in [0.717, 1.165) is 12.1 Å². The normalized spacial score (nSPS) is 20.6. The average Bonchev–Trinajstić information content (AvgIpc) is 2.42. The predicted molar refractivity (Wildman–Crippen MR) is 65.3 cm³/mol. The molecule has 0 N–H and O–H groups in total. The molecule has 2 rings (SSSR count). The van der Waals surface area contributed by atoms with Crippen LogP contribution in [0, 0.1) is 17.1 Å². The minimum absolute atomic E-state index is 0.0524. The first-order chi connectivity index (χ1) is 9.13. The fraction of sp³-hybridized carbons (Fsp3) is 0.385. The van der Waals surface area contributed by atoms with E-state index >= 15 is 0 Å². The monoisotopic (exact) mass is 283 g/mol. The van der Waals surface area contributed by atoms with E-state index in [1.807, 2.05) is 6.07 Å². The quantitative estimate of drug-likeness (QED) is 0.852. The molecule has 2 unspecified atom stereocenters. The van der Waals surface area contributed by atoms with Crippen LogP contribution >= 0.6 is 11.6 Å². The van der Waals surface area contributed by atoms with Crippen LogP contribution in [0.4, 0.5) is 4.39 Å². The molecule has 1 aromatic rings. The largest absolute Gasteiger partial charge is 0.376 e. The highest BCUT2D eigenvalue weighted by Crippen LogP contribution is 2.27. The van der Waals surface area contributed by atoms with Gasteiger partial charge in [-0.2, -0.15) is 5.26 Å². The van der Waals surface area contributed by atoms with Gasteiger partial charge in [-0.05, 0) is 17.7 Å². The highest BCUT2D eigenvalue weighted by Gasteiger charge is 2.32. The van der Waals surface area contributed by atoms with Gasteiger partial charge in [0, 0.05) is 5.02 Å². The van der Waals surface area contributed by atoms with Crippen molar-refractivity contribution in [3.05, 3.63) is 34.6 Å². The molecule has 19 heavy (non-hydrogen) atoms. The van der Waals surface area contributed by atoms with Crippen LogP contribution < -0.4 is 0 Å². The summed E-state index contributed by atoms with van der Waals surface area (Å²) in [5.74, 6) is -2.02. The summed E-state index contributed by atoms with van der Waals surface area (Å²) in [4.78, 5) is 12.2. The number of nitrogens with zero attached hydrogens (tertiary/aromatic N) is 1. The summed E-state index contributed by atoms with van der Waals surface area (Å²) in [6.07, 6.45) is -0.778. The van der Waals surface area contributed by atoms with Crippen LogP contribution in [0.1, 0.15) is 11.5 Å². The van der Waals surface area contributed by atoms with Gasteiger partial charge in [0.1, 0.15) is 17.8 Å². The summed E-state index contributed by atoms with van der Waals surface area (Å²) in [6.45, 7) is 0.861. The molecule has 0 spiro atoms. The van der Waals surface area contributed by atoms with Gasteiger partial charge < -0.3 is 9.47 Å². The van der Waals surface area contributed by atoms with Crippen molar-refractivity contribution in [1.82, 2.24) is 0 Å². The molecular formula is C13H11ClFNO3. The van der Waals surface area contributed by atoms with E-state index in [4.69, 9.17) is 26.3 Å². The van der Waals surface area contributed by atoms with Gasteiger partial charge in [0.15, 0.2) is 5.78 Å². The van der Waals surface area contributed by atoms with Gasteiger partial charge in [-0.3, -0.25) is 4.79 Å². The highest BCUT2D eigenvalue weighted by atomic mass is 35.5. The lowest BCUT2D eigenvalue weighted by Gasteiger charge is -2.23. The Morgan fingerprint density at radius 2 is 2.32 bits per heavy atom. The van der Waals surface area contributed by atoms with Crippen molar-refractivity contribution in [1.29, 1.82) is 5.26 Å². The van der Waals surface area contributed by atoms with Crippen LogP contribution in [0.2, 0.25) is 5.02 Å². The van der Waals surface area contributed by atoms with Crippen LogP contribution in [0.5, 0.6) is 0 Å². The summed E-state index contributed by atoms with van der Waals surface area (Å²) in [6, 6.07) is 5.46. The Balaban J connectivity index is 2.24. The predicted octanol–water partition coefficient (Wildman–Crippen LogP) is 2.07. The van der Waals surface area contributed by atoms with Crippen LogP contribution in [0.25, 0.3) is 0 Å². The van der Waals surface area contributed by atoms with E-state index in [1.54, 1.807) is 0 Å². The number of hydrogen-bond acceptors (Lipinski definition) is 4. The Hall–Kier alpha value is -1.48. The van der Waals surface area contributed by atoms with Gasteiger partial charge in [-0.25, -0.2) is 4.39 Å². The number of benzene rings is 1. The fourth-order valence-corrected chi connectivity index (χ4v) is 2.14. The molecule has 100 valence electrons. The third-order valence-electron chi connectivity index (χ3n) is 2.82. The molecule has 1 aliphatic heterocycles. The van der Waals surface area contributed by atoms with Gasteiger partial charge >= 0.3 is 0 Å². The van der Waals surface area contributed by atoms with Crippen molar-refractivity contribution in [3.63, 3.8) is 0 Å². The van der Waals surface area contributed by atoms with Crippen LogP contribution in [-0.4, -0.2) is 31.7 Å². The van der Waals surface area contributed by atoms with E-state index in [0.29, 0.717) is 13.2 Å². The molecule has 1 aliphatic rings. The molecular weight excluding hydrogens is 273 g/mol. The maximum absolute atomic E-state index is 13.0. The van der Waals surface area contributed by atoms with Crippen molar-refractivity contribution in [2.75, 3.05) is 19.8 Å². The molecule has 0 saturated carbocycles. The maximum atomic E-state index is 13.0. The number of halogens is 2. The number of hydrogen-bond donors (Lipinski definition) is 0. The lowest BCUT2D eigenvalue weighted by Crippen LogP contribution is -2.38. The van der Waals surface area contributed by atoms with Crippen LogP contribution in [0.3, 0.4) is 0 Å². The topological polar surface area (TPSA) is 59.3 Å². The van der Waals surface area contributed by atoms with Gasteiger partial charge in [-0.1, -0.05) is 17.7 Å². The zero-order chi connectivity index (χ0) is 13.8. The summed E-state index contributed by atoms with van der Waals surface area (Å²) < 4.78 is 23.4. The molecule has 4 nitrogen and oxygen atoms in total. The second-order valence-corrected chi connectivity index (χ2v) is 4.47. The molecule has 1 fully saturated rings. The Bertz CT molecular complexity index is 523. The number of ketones is 1. The van der Waals surface area contributed by atoms with Gasteiger partial charge in [0.2, 0.25) is 0 Å². The number of ether oxygens (including phenoxy) is 2. The molecule has 2 atom stereocenters. The lowest BCUT2D eigenvalue weighted by atomic mass is 9.93. The maximum Gasteiger partial charge on any atom is 0.185 e. The highest BCUT2D eigenvalue weighted by molar-refractivity contribution is 6.31. The number of carbonyl (C=O) groups excluding carboxylic acids is 1. The third kappa shape index (κ3) is 3.10. The number of Topliss-reactive ketones (excluding diaryl/α,β-unsaturated/α-hetero) is 1. The summed E-state index contributed by atoms with van der Waals surface area (Å²) >= 11 is 5.87. The van der Waals surface area contributed by atoms with Crippen molar-refractivity contribution < 1.29 is 18.7 Å². The van der Waals surface area contributed by atoms with Crippen molar-refractivity contribution in [2.45, 2.75) is 12.0 Å². The Kier molecular flexibility index (Phi) is 4.48. The summed E-state index contributed by atoms with van der Waals surface area (Å²) in [7, 11) is 0. The standard InChI is InChI=1S/C13H11ClFNO3/c14-11-5-8(15)1-2-9(11)10(6-16)13(17)12-7-18-3-4-19-12/h1-2,5,10,12H,3-4,7H2. The minimum Gasteiger partial charge on any atom is -0.376 e. The first kappa shape index (κ1) is 13.9. The SMILES string of the molecule is N#CC(C(=O)C1COCCO1)c1ccc(F)cc1Cl. The third-order valence-corrected chi connectivity index (χ3v) is 3.15. The zero-order valence-electron chi connectivity index (χ0n) is 9.94.